The van der Waals surface area contributed by atoms with Crippen LogP contribution in [0.15, 0.2) is 27.4 Å². The maximum Gasteiger partial charge on any atom is 0.374 e. The predicted molar refractivity (Wildman–Crippen MR) is 63.6 cm³/mol. The molecule has 0 radical (unpaired) electrons. The molecule has 17 heavy (non-hydrogen) atoms. The Hall–Kier alpha value is -1.81. The van der Waals surface area contributed by atoms with E-state index in [0.717, 1.165) is 0 Å². The van der Waals surface area contributed by atoms with Crippen molar-refractivity contribution in [1.29, 1.82) is 0 Å². The molecule has 0 aliphatic rings. The molecule has 0 bridgehead atoms. The van der Waals surface area contributed by atoms with Gasteiger partial charge in [-0.25, -0.2) is 4.79 Å². The maximum atomic E-state index is 12.0. The SMILES string of the molecule is COC(=O)c1oc2c(Cl)cccc2c(=O)c1C. The lowest BCUT2D eigenvalue weighted by Gasteiger charge is -2.05. The van der Waals surface area contributed by atoms with Crippen molar-refractivity contribution in [1.82, 2.24) is 0 Å². The Morgan fingerprint density at radius 2 is 2.12 bits per heavy atom. The van der Waals surface area contributed by atoms with E-state index in [4.69, 9.17) is 16.0 Å². The highest BCUT2D eigenvalue weighted by Crippen LogP contribution is 2.23. The predicted octanol–water partition coefficient (Wildman–Crippen LogP) is 2.54. The minimum absolute atomic E-state index is 0.113. The Kier molecular flexibility index (Phi) is 2.90. The summed E-state index contributed by atoms with van der Waals surface area (Å²) in [6.45, 7) is 1.51. The van der Waals surface area contributed by atoms with Gasteiger partial charge in [-0.3, -0.25) is 4.79 Å². The Morgan fingerprint density at radius 3 is 2.76 bits per heavy atom. The Labute approximate surface area is 102 Å². The zero-order valence-electron chi connectivity index (χ0n) is 9.24. The van der Waals surface area contributed by atoms with Crippen molar-refractivity contribution >= 4 is 28.5 Å². The van der Waals surface area contributed by atoms with Gasteiger partial charge in [0.25, 0.3) is 0 Å². The van der Waals surface area contributed by atoms with Gasteiger partial charge < -0.3 is 9.15 Å². The van der Waals surface area contributed by atoms with Crippen LogP contribution in [0.25, 0.3) is 11.0 Å². The van der Waals surface area contributed by atoms with E-state index in [0.29, 0.717) is 5.39 Å². The summed E-state index contributed by atoms with van der Waals surface area (Å²) in [6, 6.07) is 4.84. The summed E-state index contributed by atoms with van der Waals surface area (Å²) in [7, 11) is 1.22. The van der Waals surface area contributed by atoms with E-state index >= 15 is 0 Å². The molecule has 2 rings (SSSR count). The number of carbonyl (C=O) groups is 1. The molecular formula is C12H9ClO4. The molecule has 0 aliphatic carbocycles. The summed E-state index contributed by atoms with van der Waals surface area (Å²) >= 11 is 5.92. The summed E-state index contributed by atoms with van der Waals surface area (Å²) in [5, 5.41) is 0.632. The van der Waals surface area contributed by atoms with E-state index in [2.05, 4.69) is 4.74 Å². The average molecular weight is 253 g/mol. The standard InChI is InChI=1S/C12H9ClO4/c1-6-9(14)7-4-3-5-8(13)11(7)17-10(6)12(15)16-2/h3-5H,1-2H3. The number of para-hydroxylation sites is 1. The fourth-order valence-electron chi connectivity index (χ4n) is 1.56. The van der Waals surface area contributed by atoms with Crippen LogP contribution in [0, 0.1) is 6.92 Å². The van der Waals surface area contributed by atoms with Gasteiger partial charge in [0, 0.05) is 5.56 Å². The first kappa shape index (κ1) is 11.7. The molecule has 0 spiro atoms. The highest BCUT2D eigenvalue weighted by Gasteiger charge is 2.18. The molecule has 5 heteroatoms. The fraction of sp³-hybridized carbons (Fsp3) is 0.167. The topological polar surface area (TPSA) is 56.5 Å². The molecule has 1 aromatic heterocycles. The van der Waals surface area contributed by atoms with Crippen LogP contribution in [-0.4, -0.2) is 13.1 Å². The van der Waals surface area contributed by atoms with Gasteiger partial charge in [-0.15, -0.1) is 0 Å². The van der Waals surface area contributed by atoms with Crippen molar-refractivity contribution < 1.29 is 13.9 Å². The molecule has 0 saturated carbocycles. The van der Waals surface area contributed by atoms with Gasteiger partial charge in [0.05, 0.1) is 17.5 Å². The maximum absolute atomic E-state index is 12.0. The third-order valence-corrected chi connectivity index (χ3v) is 2.77. The van der Waals surface area contributed by atoms with Gasteiger partial charge in [0.15, 0.2) is 11.0 Å². The molecule has 88 valence electrons. The van der Waals surface area contributed by atoms with E-state index in [1.807, 2.05) is 0 Å². The lowest BCUT2D eigenvalue weighted by molar-refractivity contribution is 0.0564. The molecule has 4 nitrogen and oxygen atoms in total. The molecule has 0 amide bonds. The van der Waals surface area contributed by atoms with Crippen molar-refractivity contribution in [3.8, 4) is 0 Å². The largest absolute Gasteiger partial charge is 0.463 e. The number of halogens is 1. The molecule has 0 aliphatic heterocycles. The second kappa shape index (κ2) is 4.22. The Bertz CT molecular complexity index is 657. The van der Waals surface area contributed by atoms with Gasteiger partial charge >= 0.3 is 5.97 Å². The van der Waals surface area contributed by atoms with Crippen LogP contribution in [0.1, 0.15) is 16.1 Å². The van der Waals surface area contributed by atoms with Crippen LogP contribution in [-0.2, 0) is 4.74 Å². The lowest BCUT2D eigenvalue weighted by atomic mass is 10.1. The highest BCUT2D eigenvalue weighted by atomic mass is 35.5. The second-order valence-electron chi connectivity index (χ2n) is 3.49. The number of fused-ring (bicyclic) bond motifs is 1. The number of hydrogen-bond acceptors (Lipinski definition) is 4. The van der Waals surface area contributed by atoms with Gasteiger partial charge in [0.1, 0.15) is 0 Å². The number of carbonyl (C=O) groups excluding carboxylic acids is 1. The summed E-state index contributed by atoms with van der Waals surface area (Å²) in [4.78, 5) is 23.4. The number of rotatable bonds is 1. The van der Waals surface area contributed by atoms with Gasteiger partial charge in [0.2, 0.25) is 5.76 Å². The minimum Gasteiger partial charge on any atom is -0.463 e. The molecule has 0 fully saturated rings. The van der Waals surface area contributed by atoms with Crippen LogP contribution in [0.5, 0.6) is 0 Å². The molecule has 0 saturated heterocycles. The summed E-state index contributed by atoms with van der Waals surface area (Å²) in [5.41, 5.74) is 0.130. The summed E-state index contributed by atoms with van der Waals surface area (Å²) in [5.74, 6) is -0.806. The zero-order valence-corrected chi connectivity index (χ0v) is 10.00. The van der Waals surface area contributed by atoms with E-state index in [9.17, 15) is 9.59 Å². The van der Waals surface area contributed by atoms with E-state index in [1.54, 1.807) is 18.2 Å². The molecule has 2 aromatic rings. The van der Waals surface area contributed by atoms with Crippen molar-refractivity contribution in [3.63, 3.8) is 0 Å². The van der Waals surface area contributed by atoms with Crippen LogP contribution in [0.2, 0.25) is 5.02 Å². The van der Waals surface area contributed by atoms with Crippen LogP contribution >= 0.6 is 11.6 Å². The van der Waals surface area contributed by atoms with Crippen molar-refractivity contribution in [2.75, 3.05) is 7.11 Å². The van der Waals surface area contributed by atoms with Crippen LogP contribution in [0.3, 0.4) is 0 Å². The molecular weight excluding hydrogens is 244 g/mol. The van der Waals surface area contributed by atoms with E-state index in [1.165, 1.54) is 14.0 Å². The quantitative estimate of drug-likeness (QED) is 0.732. The van der Waals surface area contributed by atoms with Gasteiger partial charge in [-0.05, 0) is 19.1 Å². The lowest BCUT2D eigenvalue weighted by Crippen LogP contribution is -2.14. The number of benzene rings is 1. The molecule has 0 atom stereocenters. The van der Waals surface area contributed by atoms with Crippen molar-refractivity contribution in [3.05, 3.63) is 44.8 Å². The minimum atomic E-state index is -0.693. The summed E-state index contributed by atoms with van der Waals surface area (Å²) in [6.07, 6.45) is 0. The first-order valence-electron chi connectivity index (χ1n) is 4.86. The third kappa shape index (κ3) is 1.80. The molecule has 1 aromatic carbocycles. The van der Waals surface area contributed by atoms with E-state index < -0.39 is 5.97 Å². The Balaban J connectivity index is 2.91. The van der Waals surface area contributed by atoms with Gasteiger partial charge in [-0.1, -0.05) is 17.7 Å². The first-order valence-corrected chi connectivity index (χ1v) is 5.24. The first-order chi connectivity index (χ1) is 8.06. The number of methoxy groups -OCH3 is 1. The Morgan fingerprint density at radius 1 is 1.41 bits per heavy atom. The molecule has 0 unspecified atom stereocenters. The van der Waals surface area contributed by atoms with Crippen LogP contribution in [0.4, 0.5) is 0 Å². The number of ether oxygens (including phenoxy) is 1. The number of hydrogen-bond donors (Lipinski definition) is 0. The van der Waals surface area contributed by atoms with Crippen molar-refractivity contribution in [2.24, 2.45) is 0 Å². The normalized spacial score (nSPS) is 10.5. The monoisotopic (exact) mass is 252 g/mol. The van der Waals surface area contributed by atoms with E-state index in [-0.39, 0.29) is 27.4 Å². The smallest absolute Gasteiger partial charge is 0.374 e. The zero-order chi connectivity index (χ0) is 12.6. The number of esters is 1. The fourth-order valence-corrected chi connectivity index (χ4v) is 1.78. The average Bonchev–Trinajstić information content (AvgIpc) is 2.33. The highest BCUT2D eigenvalue weighted by molar-refractivity contribution is 6.34. The van der Waals surface area contributed by atoms with Crippen molar-refractivity contribution in [2.45, 2.75) is 6.92 Å². The summed E-state index contributed by atoms with van der Waals surface area (Å²) < 4.78 is 9.90. The molecule has 0 N–H and O–H groups in total. The van der Waals surface area contributed by atoms with Gasteiger partial charge in [-0.2, -0.15) is 0 Å². The second-order valence-corrected chi connectivity index (χ2v) is 3.90. The van der Waals surface area contributed by atoms with Crippen LogP contribution < -0.4 is 5.43 Å². The molecule has 1 heterocycles. The third-order valence-electron chi connectivity index (χ3n) is 2.47.